The van der Waals surface area contributed by atoms with Crippen molar-refractivity contribution in [2.75, 3.05) is 31.5 Å². The van der Waals surface area contributed by atoms with Crippen LogP contribution in [0.4, 0.5) is 5.69 Å². The predicted molar refractivity (Wildman–Crippen MR) is 138 cm³/mol. The van der Waals surface area contributed by atoms with Gasteiger partial charge in [-0.2, -0.15) is 5.26 Å². The fourth-order valence-corrected chi connectivity index (χ4v) is 4.61. The first-order chi connectivity index (χ1) is 16.8. The van der Waals surface area contributed by atoms with Gasteiger partial charge >= 0.3 is 5.97 Å². The van der Waals surface area contributed by atoms with Gasteiger partial charge < -0.3 is 20.6 Å². The number of nitriles is 1. The molecule has 35 heavy (non-hydrogen) atoms. The number of likely N-dealkylation sites (N-methyl/N-ethyl adjacent to an activating group) is 1. The van der Waals surface area contributed by atoms with E-state index in [1.807, 2.05) is 24.3 Å². The minimum Gasteiger partial charge on any atom is -0.477 e. The number of anilines is 1. The van der Waals surface area contributed by atoms with E-state index < -0.39 is 11.5 Å². The van der Waals surface area contributed by atoms with Crippen LogP contribution in [-0.2, 0) is 22.6 Å². The number of carboxylic acids is 1. The molecule has 2 aromatic rings. The second-order valence-electron chi connectivity index (χ2n) is 7.83. The second-order valence-corrected chi connectivity index (χ2v) is 8.86. The first-order valence-electron chi connectivity index (χ1n) is 11.8. The molecule has 0 unspecified atom stereocenters. The molecule has 0 bridgehead atoms. The molecule has 0 atom stereocenters. The minimum absolute atomic E-state index is 0.0674. The van der Waals surface area contributed by atoms with E-state index in [1.54, 1.807) is 13.0 Å². The predicted octanol–water partition coefficient (Wildman–Crippen LogP) is 1.32. The van der Waals surface area contributed by atoms with Gasteiger partial charge in [0.1, 0.15) is 15.3 Å². The molecule has 0 radical (unpaired) electrons. The zero-order valence-electron chi connectivity index (χ0n) is 20.5. The maximum atomic E-state index is 12.6. The van der Waals surface area contributed by atoms with Gasteiger partial charge in [0.2, 0.25) is 5.91 Å². The number of nitrogens with one attached hydrogen (secondary N) is 2. The van der Waals surface area contributed by atoms with Crippen LogP contribution in [0, 0.1) is 11.3 Å². The van der Waals surface area contributed by atoms with Crippen molar-refractivity contribution in [1.29, 1.82) is 5.26 Å². The summed E-state index contributed by atoms with van der Waals surface area (Å²) >= 11 is 0.969. The zero-order chi connectivity index (χ0) is 25.8. The summed E-state index contributed by atoms with van der Waals surface area (Å²) in [6.07, 6.45) is 3.54. The molecule has 0 saturated carbocycles. The molecule has 0 saturated heterocycles. The highest BCUT2D eigenvalue weighted by atomic mass is 32.1. The van der Waals surface area contributed by atoms with E-state index in [0.717, 1.165) is 55.1 Å². The number of carbonyl (C=O) groups is 2. The van der Waals surface area contributed by atoms with E-state index >= 15 is 0 Å². The van der Waals surface area contributed by atoms with Crippen LogP contribution in [0.1, 0.15) is 39.2 Å². The summed E-state index contributed by atoms with van der Waals surface area (Å²) in [5.74, 6) is -1.29. The highest BCUT2D eigenvalue weighted by Crippen LogP contribution is 2.12. The second kappa shape index (κ2) is 14.1. The van der Waals surface area contributed by atoms with Crippen LogP contribution in [0.25, 0.3) is 11.8 Å². The molecular formula is C25H33N5O4S. The Balaban J connectivity index is 1.95. The first-order valence-corrected chi connectivity index (χ1v) is 12.6. The molecule has 0 fully saturated rings. The summed E-state index contributed by atoms with van der Waals surface area (Å²) < 4.78 is 1.73. The van der Waals surface area contributed by atoms with Crippen molar-refractivity contribution in [3.8, 4) is 6.07 Å². The van der Waals surface area contributed by atoms with Crippen molar-refractivity contribution in [3.05, 3.63) is 49.4 Å². The Morgan fingerprint density at radius 3 is 2.46 bits per heavy atom. The molecule has 0 aliphatic carbocycles. The largest absolute Gasteiger partial charge is 0.477 e. The van der Waals surface area contributed by atoms with Crippen molar-refractivity contribution in [1.82, 2.24) is 14.8 Å². The van der Waals surface area contributed by atoms with Gasteiger partial charge in [-0.05, 0) is 50.6 Å². The number of benzene rings is 1. The average molecular weight is 500 g/mol. The molecule has 1 heterocycles. The van der Waals surface area contributed by atoms with Crippen molar-refractivity contribution in [3.63, 3.8) is 0 Å². The number of hydrogen-bond acceptors (Lipinski definition) is 7. The molecule has 0 aliphatic heterocycles. The van der Waals surface area contributed by atoms with Crippen molar-refractivity contribution in [2.24, 2.45) is 0 Å². The van der Waals surface area contributed by atoms with Gasteiger partial charge in [-0.1, -0.05) is 26.0 Å². The van der Waals surface area contributed by atoms with Crippen LogP contribution in [0.5, 0.6) is 0 Å². The van der Waals surface area contributed by atoms with Crippen LogP contribution in [0.2, 0.25) is 0 Å². The monoisotopic (exact) mass is 499 g/mol. The lowest BCUT2D eigenvalue weighted by Gasteiger charge is -2.17. The van der Waals surface area contributed by atoms with Gasteiger partial charge in [0.25, 0.3) is 5.56 Å². The Hall–Kier alpha value is -3.42. The average Bonchev–Trinajstić information content (AvgIpc) is 3.16. The summed E-state index contributed by atoms with van der Waals surface area (Å²) in [7, 11) is 0. The lowest BCUT2D eigenvalue weighted by atomic mass is 10.1. The normalized spacial score (nSPS) is 12.4. The molecule has 10 heteroatoms. The standard InChI is InChI=1S/C25H33N5O4S/c1-4-29(5-2)15-14-27-22(31)9-7-8-18-10-12-19(13-11-18)28-17-21-23(32)30(6-3)24(35-21)20(16-26)25(33)34/h10-13,17,28H,4-9,14-15H2,1-3H3,(H,27,31)(H,33,34). The molecule has 0 spiro atoms. The van der Waals surface area contributed by atoms with E-state index in [2.05, 4.69) is 29.4 Å². The number of carboxylic acid groups (broad SMARTS) is 1. The van der Waals surface area contributed by atoms with Gasteiger partial charge in [0, 0.05) is 37.9 Å². The highest BCUT2D eigenvalue weighted by molar-refractivity contribution is 7.07. The summed E-state index contributed by atoms with van der Waals surface area (Å²) in [4.78, 5) is 38.2. The molecule has 2 rings (SSSR count). The number of nitrogens with zero attached hydrogens (tertiary/aromatic N) is 3. The number of carbonyl (C=O) groups excluding carboxylic acids is 1. The number of amides is 1. The van der Waals surface area contributed by atoms with Crippen LogP contribution in [-0.4, -0.2) is 52.6 Å². The number of thiazole rings is 1. The van der Waals surface area contributed by atoms with E-state index in [-0.39, 0.29) is 22.7 Å². The third kappa shape index (κ3) is 8.09. The molecule has 1 aromatic carbocycles. The van der Waals surface area contributed by atoms with E-state index in [4.69, 9.17) is 5.26 Å². The fourth-order valence-electron chi connectivity index (χ4n) is 3.53. The van der Waals surface area contributed by atoms with Crippen LogP contribution in [0.15, 0.2) is 29.1 Å². The smallest absolute Gasteiger partial charge is 0.349 e. The molecule has 3 N–H and O–H groups in total. The minimum atomic E-state index is -1.36. The summed E-state index contributed by atoms with van der Waals surface area (Å²) in [6, 6.07) is 9.35. The Bertz CT molecular complexity index is 1220. The molecule has 0 aliphatic rings. The fraction of sp³-hybridized carbons (Fsp3) is 0.440. The lowest BCUT2D eigenvalue weighted by molar-refractivity contribution is -0.130. The quantitative estimate of drug-likeness (QED) is 0.379. The molecular weight excluding hydrogens is 466 g/mol. The SMILES string of the molecule is CCN(CC)CCNC(=O)CCCc1ccc(NC=c2sc(=C(C#N)C(=O)O)n(CC)c2=O)cc1. The van der Waals surface area contributed by atoms with Gasteiger partial charge in [0.15, 0.2) is 5.57 Å². The number of aromatic nitrogens is 1. The Morgan fingerprint density at radius 1 is 1.20 bits per heavy atom. The maximum absolute atomic E-state index is 12.6. The molecule has 1 aromatic heterocycles. The van der Waals surface area contributed by atoms with Crippen LogP contribution in [0.3, 0.4) is 0 Å². The first kappa shape index (κ1) is 27.8. The van der Waals surface area contributed by atoms with Gasteiger partial charge in [-0.25, -0.2) is 4.79 Å². The lowest BCUT2D eigenvalue weighted by Crippen LogP contribution is -2.34. The molecule has 9 nitrogen and oxygen atoms in total. The Morgan fingerprint density at radius 2 is 1.89 bits per heavy atom. The van der Waals surface area contributed by atoms with E-state index in [9.17, 15) is 19.5 Å². The molecule has 1 amide bonds. The maximum Gasteiger partial charge on any atom is 0.349 e. The highest BCUT2D eigenvalue weighted by Gasteiger charge is 2.13. The summed E-state index contributed by atoms with van der Waals surface area (Å²) in [5, 5.41) is 24.4. The number of aliphatic carboxylic acids is 1. The van der Waals surface area contributed by atoms with Crippen molar-refractivity contribution >= 4 is 40.7 Å². The number of aryl methyl sites for hydroxylation is 1. The zero-order valence-corrected chi connectivity index (χ0v) is 21.3. The van der Waals surface area contributed by atoms with Crippen molar-refractivity contribution in [2.45, 2.75) is 46.6 Å². The van der Waals surface area contributed by atoms with E-state index in [1.165, 1.54) is 10.8 Å². The summed E-state index contributed by atoms with van der Waals surface area (Å²) in [6.45, 7) is 9.68. The summed E-state index contributed by atoms with van der Waals surface area (Å²) in [5.41, 5.74) is 1.08. The van der Waals surface area contributed by atoms with Gasteiger partial charge in [0.05, 0.1) is 0 Å². The van der Waals surface area contributed by atoms with E-state index in [0.29, 0.717) is 17.5 Å². The van der Waals surface area contributed by atoms with Gasteiger partial charge in [-0.15, -0.1) is 11.3 Å². The molecule has 188 valence electrons. The Kier molecular flexibility index (Phi) is 11.2. The third-order valence-corrected chi connectivity index (χ3v) is 6.73. The third-order valence-electron chi connectivity index (χ3n) is 5.60. The van der Waals surface area contributed by atoms with Crippen LogP contribution < -0.4 is 25.4 Å². The Labute approximate surface area is 209 Å². The topological polar surface area (TPSA) is 127 Å². The van der Waals surface area contributed by atoms with Gasteiger partial charge in [-0.3, -0.25) is 14.2 Å². The van der Waals surface area contributed by atoms with Crippen molar-refractivity contribution < 1.29 is 14.7 Å². The number of rotatable bonds is 13. The van der Waals surface area contributed by atoms with Crippen LogP contribution >= 0.6 is 11.3 Å². The number of hydrogen-bond donors (Lipinski definition) is 3.